The summed E-state index contributed by atoms with van der Waals surface area (Å²) in [5, 5.41) is 3.58. The second kappa shape index (κ2) is 6.53. The van der Waals surface area contributed by atoms with Crippen LogP contribution in [0.2, 0.25) is 0 Å². The normalized spacial score (nSPS) is 11.9. The van der Waals surface area contributed by atoms with Gasteiger partial charge < -0.3 is 15.0 Å². The fourth-order valence-corrected chi connectivity index (χ4v) is 2.47. The van der Waals surface area contributed by atoms with Gasteiger partial charge in [-0.25, -0.2) is 0 Å². The van der Waals surface area contributed by atoms with Crippen molar-refractivity contribution in [3.63, 3.8) is 0 Å². The Morgan fingerprint density at radius 3 is 2.48 bits per heavy atom. The van der Waals surface area contributed by atoms with Gasteiger partial charge in [0.05, 0.1) is 24.5 Å². The topological polar surface area (TPSA) is 24.5 Å². The molecular formula is C18H24N2O. The zero-order valence-corrected chi connectivity index (χ0v) is 13.5. The number of anilines is 2. The number of nitrogens with zero attached hydrogens (tertiary/aromatic N) is 1. The van der Waals surface area contributed by atoms with Crippen LogP contribution in [0.1, 0.15) is 24.1 Å². The van der Waals surface area contributed by atoms with Crippen LogP contribution < -0.4 is 15.0 Å². The second-order valence-electron chi connectivity index (χ2n) is 5.52. The molecule has 0 saturated heterocycles. The van der Waals surface area contributed by atoms with E-state index in [1.807, 2.05) is 0 Å². The molecule has 2 rings (SSSR count). The zero-order valence-electron chi connectivity index (χ0n) is 13.5. The molecule has 0 saturated carbocycles. The van der Waals surface area contributed by atoms with E-state index in [-0.39, 0.29) is 6.04 Å². The minimum Gasteiger partial charge on any atom is -0.496 e. The Balaban J connectivity index is 2.28. The predicted octanol–water partition coefficient (Wildman–Crippen LogP) is 4.24. The molecule has 2 aromatic carbocycles. The first kappa shape index (κ1) is 15.2. The molecule has 1 unspecified atom stereocenters. The molecule has 112 valence electrons. The Morgan fingerprint density at radius 1 is 1.10 bits per heavy atom. The maximum Gasteiger partial charge on any atom is 0.124 e. The van der Waals surface area contributed by atoms with Gasteiger partial charge in [-0.05, 0) is 37.6 Å². The third-order valence-electron chi connectivity index (χ3n) is 3.61. The minimum atomic E-state index is 0.168. The molecule has 0 fully saturated rings. The van der Waals surface area contributed by atoms with Gasteiger partial charge in [0.15, 0.2) is 0 Å². The van der Waals surface area contributed by atoms with Crippen LogP contribution in [-0.4, -0.2) is 21.2 Å². The number of hydrogen-bond acceptors (Lipinski definition) is 3. The number of nitrogens with one attached hydrogen (secondary N) is 1. The third kappa shape index (κ3) is 3.48. The SMILES string of the molecule is COc1cc(C)ccc1C(C)Nc1ccccc1N(C)C. The van der Waals surface area contributed by atoms with Crippen molar-refractivity contribution in [2.45, 2.75) is 19.9 Å². The molecular weight excluding hydrogens is 260 g/mol. The smallest absolute Gasteiger partial charge is 0.124 e. The minimum absolute atomic E-state index is 0.168. The fourth-order valence-electron chi connectivity index (χ4n) is 2.47. The van der Waals surface area contributed by atoms with Crippen LogP contribution in [0, 0.1) is 6.92 Å². The summed E-state index contributed by atoms with van der Waals surface area (Å²) in [5.74, 6) is 0.928. The summed E-state index contributed by atoms with van der Waals surface area (Å²) < 4.78 is 5.51. The van der Waals surface area contributed by atoms with Crippen LogP contribution in [0.4, 0.5) is 11.4 Å². The first-order chi connectivity index (χ1) is 10.0. The van der Waals surface area contributed by atoms with Gasteiger partial charge in [0.25, 0.3) is 0 Å². The monoisotopic (exact) mass is 284 g/mol. The van der Waals surface area contributed by atoms with Gasteiger partial charge in [0.2, 0.25) is 0 Å². The number of benzene rings is 2. The van der Waals surface area contributed by atoms with Gasteiger partial charge >= 0.3 is 0 Å². The molecule has 0 aliphatic carbocycles. The largest absolute Gasteiger partial charge is 0.496 e. The molecule has 0 radical (unpaired) electrons. The predicted molar refractivity (Wildman–Crippen MR) is 90.5 cm³/mol. The molecule has 0 heterocycles. The molecule has 0 aliphatic rings. The molecule has 0 aromatic heterocycles. The molecule has 0 aliphatic heterocycles. The molecule has 0 spiro atoms. The number of para-hydroxylation sites is 2. The average molecular weight is 284 g/mol. The Hall–Kier alpha value is -2.16. The van der Waals surface area contributed by atoms with Gasteiger partial charge in [0.1, 0.15) is 5.75 Å². The summed E-state index contributed by atoms with van der Waals surface area (Å²) >= 11 is 0. The van der Waals surface area contributed by atoms with E-state index >= 15 is 0 Å². The van der Waals surface area contributed by atoms with Gasteiger partial charge in [0, 0.05) is 19.7 Å². The summed E-state index contributed by atoms with van der Waals surface area (Å²) in [6.45, 7) is 4.23. The molecule has 3 nitrogen and oxygen atoms in total. The van der Waals surface area contributed by atoms with Crippen molar-refractivity contribution in [2.75, 3.05) is 31.4 Å². The Labute approximate surface area is 127 Å². The van der Waals surface area contributed by atoms with Crippen molar-refractivity contribution >= 4 is 11.4 Å². The van der Waals surface area contributed by atoms with Crippen molar-refractivity contribution in [3.8, 4) is 5.75 Å². The Bertz CT molecular complexity index is 608. The standard InChI is InChI=1S/C18H24N2O/c1-13-10-11-15(18(12-13)21-5)14(2)19-16-8-6-7-9-17(16)20(3)4/h6-12,14,19H,1-5H3. The highest BCUT2D eigenvalue weighted by Gasteiger charge is 2.13. The van der Waals surface area contributed by atoms with Gasteiger partial charge in [-0.3, -0.25) is 0 Å². The number of hydrogen-bond donors (Lipinski definition) is 1. The van der Waals surface area contributed by atoms with E-state index in [1.165, 1.54) is 11.3 Å². The van der Waals surface area contributed by atoms with Gasteiger partial charge in [-0.2, -0.15) is 0 Å². The van der Waals surface area contributed by atoms with Crippen molar-refractivity contribution in [1.82, 2.24) is 0 Å². The maximum absolute atomic E-state index is 5.51. The van der Waals surface area contributed by atoms with E-state index in [0.29, 0.717) is 0 Å². The van der Waals surface area contributed by atoms with Crippen molar-refractivity contribution in [1.29, 1.82) is 0 Å². The molecule has 0 amide bonds. The highest BCUT2D eigenvalue weighted by atomic mass is 16.5. The maximum atomic E-state index is 5.51. The Morgan fingerprint density at radius 2 is 1.81 bits per heavy atom. The highest BCUT2D eigenvalue weighted by Crippen LogP contribution is 2.32. The van der Waals surface area contributed by atoms with Gasteiger partial charge in [-0.15, -0.1) is 0 Å². The quantitative estimate of drug-likeness (QED) is 0.888. The van der Waals surface area contributed by atoms with Crippen LogP contribution >= 0.6 is 0 Å². The fraction of sp³-hybridized carbons (Fsp3) is 0.333. The highest BCUT2D eigenvalue weighted by molar-refractivity contribution is 5.70. The lowest BCUT2D eigenvalue weighted by atomic mass is 10.0. The second-order valence-corrected chi connectivity index (χ2v) is 5.52. The van der Waals surface area contributed by atoms with E-state index in [4.69, 9.17) is 4.74 Å². The summed E-state index contributed by atoms with van der Waals surface area (Å²) in [7, 11) is 5.83. The summed E-state index contributed by atoms with van der Waals surface area (Å²) in [6.07, 6.45) is 0. The van der Waals surface area contributed by atoms with E-state index in [0.717, 1.165) is 17.0 Å². The van der Waals surface area contributed by atoms with Crippen LogP contribution in [0.5, 0.6) is 5.75 Å². The molecule has 3 heteroatoms. The summed E-state index contributed by atoms with van der Waals surface area (Å²) in [4.78, 5) is 2.11. The number of rotatable bonds is 5. The number of ether oxygens (including phenoxy) is 1. The number of methoxy groups -OCH3 is 1. The molecule has 1 atom stereocenters. The lowest BCUT2D eigenvalue weighted by molar-refractivity contribution is 0.407. The first-order valence-corrected chi connectivity index (χ1v) is 7.20. The summed E-state index contributed by atoms with van der Waals surface area (Å²) in [5.41, 5.74) is 4.67. The van der Waals surface area contributed by atoms with Crippen LogP contribution in [0.3, 0.4) is 0 Å². The van der Waals surface area contributed by atoms with E-state index in [9.17, 15) is 0 Å². The molecule has 21 heavy (non-hydrogen) atoms. The molecule has 1 N–H and O–H groups in total. The first-order valence-electron chi connectivity index (χ1n) is 7.20. The molecule has 2 aromatic rings. The van der Waals surface area contributed by atoms with Crippen LogP contribution in [0.15, 0.2) is 42.5 Å². The van der Waals surface area contributed by atoms with Crippen LogP contribution in [-0.2, 0) is 0 Å². The van der Waals surface area contributed by atoms with Crippen molar-refractivity contribution in [3.05, 3.63) is 53.6 Å². The molecule has 0 bridgehead atoms. The number of aryl methyl sites for hydroxylation is 1. The lowest BCUT2D eigenvalue weighted by Crippen LogP contribution is -2.14. The van der Waals surface area contributed by atoms with E-state index in [2.05, 4.69) is 80.6 Å². The van der Waals surface area contributed by atoms with E-state index < -0.39 is 0 Å². The lowest BCUT2D eigenvalue weighted by Gasteiger charge is -2.23. The van der Waals surface area contributed by atoms with Crippen LogP contribution in [0.25, 0.3) is 0 Å². The van der Waals surface area contributed by atoms with Gasteiger partial charge in [-0.1, -0.05) is 24.3 Å². The zero-order chi connectivity index (χ0) is 15.4. The van der Waals surface area contributed by atoms with Crippen molar-refractivity contribution in [2.24, 2.45) is 0 Å². The average Bonchev–Trinajstić information content (AvgIpc) is 2.47. The van der Waals surface area contributed by atoms with Crippen molar-refractivity contribution < 1.29 is 4.74 Å². The Kier molecular flexibility index (Phi) is 4.73. The van der Waals surface area contributed by atoms with E-state index in [1.54, 1.807) is 7.11 Å². The third-order valence-corrected chi connectivity index (χ3v) is 3.61. The summed E-state index contributed by atoms with van der Waals surface area (Å²) in [6, 6.07) is 14.8.